The zero-order valence-electron chi connectivity index (χ0n) is 24.8. The summed E-state index contributed by atoms with van der Waals surface area (Å²) in [6.07, 6.45) is 6.02. The second-order valence-electron chi connectivity index (χ2n) is 10.7. The summed E-state index contributed by atoms with van der Waals surface area (Å²) in [5, 5.41) is 5.60. The van der Waals surface area contributed by atoms with E-state index >= 15 is 0 Å². The molecule has 14 nitrogen and oxygen atoms in total. The van der Waals surface area contributed by atoms with Gasteiger partial charge in [-0.3, -0.25) is 14.9 Å². The molecule has 0 radical (unpaired) electrons. The Balaban J connectivity index is 1.17. The molecule has 0 aliphatic carbocycles. The van der Waals surface area contributed by atoms with Crippen molar-refractivity contribution in [1.82, 2.24) is 39.4 Å². The number of morpholine rings is 1. The second-order valence-corrected chi connectivity index (χ2v) is 13.8. The predicted octanol–water partition coefficient (Wildman–Crippen LogP) is 2.29. The van der Waals surface area contributed by atoms with Crippen molar-refractivity contribution in [3.05, 3.63) is 65.6 Å². The first-order chi connectivity index (χ1) is 21.8. The van der Waals surface area contributed by atoms with Gasteiger partial charge in [0.25, 0.3) is 0 Å². The molecule has 6 rings (SSSR count). The summed E-state index contributed by atoms with van der Waals surface area (Å²) in [4.78, 5) is 41.5. The molecule has 2 fully saturated rings. The summed E-state index contributed by atoms with van der Waals surface area (Å²) in [5.74, 6) is 1.72. The van der Waals surface area contributed by atoms with Crippen LogP contribution in [-0.2, 0) is 27.8 Å². The number of carbonyl (C=O) groups is 1. The Kier molecular flexibility index (Phi) is 9.56. The molecule has 2 saturated heterocycles. The van der Waals surface area contributed by atoms with Gasteiger partial charge in [0, 0.05) is 74.3 Å². The maximum atomic E-state index is 12.4. The molecule has 2 N–H and O–H groups in total. The first-order valence-corrected chi connectivity index (χ1v) is 17.2. The minimum Gasteiger partial charge on any atom is -0.378 e. The van der Waals surface area contributed by atoms with Crippen molar-refractivity contribution in [2.24, 2.45) is 0 Å². The lowest BCUT2D eigenvalue weighted by Gasteiger charge is -2.32. The zero-order chi connectivity index (χ0) is 31.2. The number of rotatable bonds is 9. The van der Waals surface area contributed by atoms with Crippen molar-refractivity contribution in [3.63, 3.8) is 0 Å². The van der Waals surface area contributed by atoms with Crippen LogP contribution in [0.15, 0.2) is 55.0 Å². The third kappa shape index (κ3) is 8.15. The van der Waals surface area contributed by atoms with Crippen LogP contribution in [0, 0.1) is 0 Å². The van der Waals surface area contributed by atoms with Crippen molar-refractivity contribution in [2.45, 2.75) is 13.1 Å². The number of nitrogens with zero attached hydrogens (tertiary/aromatic N) is 8. The van der Waals surface area contributed by atoms with E-state index in [1.807, 2.05) is 30.3 Å². The maximum absolute atomic E-state index is 12.4. The molecule has 16 heteroatoms. The number of carbonyl (C=O) groups excluding carboxylic acids is 1. The molecular formula is C29H34N10O4S2. The molecule has 0 atom stereocenters. The lowest BCUT2D eigenvalue weighted by atomic mass is 10.2. The molecular weight excluding hydrogens is 617 g/mol. The average Bonchev–Trinajstić information content (AvgIpc) is 3.53. The number of hydrogen-bond donors (Lipinski definition) is 2. The van der Waals surface area contributed by atoms with Crippen molar-refractivity contribution in [3.8, 4) is 22.1 Å². The fourth-order valence-corrected chi connectivity index (χ4v) is 6.81. The Labute approximate surface area is 265 Å². The van der Waals surface area contributed by atoms with E-state index in [-0.39, 0.29) is 12.6 Å². The third-order valence-corrected chi connectivity index (χ3v) is 9.80. The molecule has 0 bridgehead atoms. The number of aromatic nitrogens is 5. The maximum Gasteiger partial charge on any atom is 0.319 e. The lowest BCUT2D eigenvalue weighted by molar-refractivity contribution is 0.122. The Morgan fingerprint density at radius 2 is 1.69 bits per heavy atom. The average molecular weight is 651 g/mol. The zero-order valence-corrected chi connectivity index (χ0v) is 26.4. The van der Waals surface area contributed by atoms with Crippen LogP contribution in [0.5, 0.6) is 0 Å². The monoisotopic (exact) mass is 650 g/mol. The minimum absolute atomic E-state index is 0.264. The van der Waals surface area contributed by atoms with E-state index in [0.717, 1.165) is 21.9 Å². The van der Waals surface area contributed by atoms with E-state index in [1.165, 1.54) is 10.6 Å². The Morgan fingerprint density at radius 1 is 0.933 bits per heavy atom. The molecule has 236 valence electrons. The number of benzene rings is 1. The molecule has 1 aromatic carbocycles. The van der Waals surface area contributed by atoms with Gasteiger partial charge in [0.05, 0.1) is 42.8 Å². The van der Waals surface area contributed by atoms with E-state index in [2.05, 4.69) is 36.5 Å². The fraction of sp³-hybridized carbons (Fsp3) is 0.379. The molecule has 5 heterocycles. The van der Waals surface area contributed by atoms with Gasteiger partial charge in [0.15, 0.2) is 11.6 Å². The number of nitrogens with one attached hydrogen (secondary N) is 2. The van der Waals surface area contributed by atoms with Gasteiger partial charge < -0.3 is 20.3 Å². The smallest absolute Gasteiger partial charge is 0.319 e. The molecule has 4 aromatic rings. The number of hydrogen-bond acceptors (Lipinski definition) is 12. The van der Waals surface area contributed by atoms with Crippen molar-refractivity contribution in [1.29, 1.82) is 0 Å². The Bertz CT molecular complexity index is 1710. The summed E-state index contributed by atoms with van der Waals surface area (Å²) in [7, 11) is -3.16. The number of thiophene rings is 1. The Hall–Kier alpha value is -4.09. The van der Waals surface area contributed by atoms with Crippen LogP contribution >= 0.6 is 11.3 Å². The summed E-state index contributed by atoms with van der Waals surface area (Å²) in [6.45, 7) is 5.94. The SMILES string of the molecule is CS(=O)(=O)N1CCN(Cc2ccc(-c3nc(-c4ccc(NC(=O)NCc5cnccn5)cc4)nc(N4CCOCC4)n3)s2)CC1. The summed E-state index contributed by atoms with van der Waals surface area (Å²) in [5.41, 5.74) is 2.08. The quantitative estimate of drug-likeness (QED) is 0.274. The first-order valence-electron chi connectivity index (χ1n) is 14.6. The van der Waals surface area contributed by atoms with Gasteiger partial charge >= 0.3 is 6.03 Å². The molecule has 45 heavy (non-hydrogen) atoms. The number of piperazine rings is 1. The molecule has 2 amide bonds. The molecule has 2 aliphatic heterocycles. The van der Waals surface area contributed by atoms with E-state index < -0.39 is 10.0 Å². The van der Waals surface area contributed by atoms with Crippen LogP contribution in [0.2, 0.25) is 0 Å². The van der Waals surface area contributed by atoms with Crippen LogP contribution in [-0.4, -0.2) is 107 Å². The third-order valence-electron chi connectivity index (χ3n) is 7.43. The van der Waals surface area contributed by atoms with Gasteiger partial charge in [-0.05, 0) is 36.4 Å². The van der Waals surface area contributed by atoms with Gasteiger partial charge in [-0.1, -0.05) is 0 Å². The fourth-order valence-electron chi connectivity index (χ4n) is 5.00. The van der Waals surface area contributed by atoms with Gasteiger partial charge in [-0.2, -0.15) is 14.3 Å². The van der Waals surface area contributed by atoms with Gasteiger partial charge in [-0.25, -0.2) is 18.2 Å². The van der Waals surface area contributed by atoms with Gasteiger partial charge in [0.2, 0.25) is 16.0 Å². The first kappa shape index (κ1) is 30.9. The highest BCUT2D eigenvalue weighted by atomic mass is 32.2. The highest BCUT2D eigenvalue weighted by Crippen LogP contribution is 2.30. The molecule has 0 saturated carbocycles. The Morgan fingerprint density at radius 3 is 2.40 bits per heavy atom. The molecule has 0 unspecified atom stereocenters. The topological polar surface area (TPSA) is 159 Å². The van der Waals surface area contributed by atoms with E-state index in [4.69, 9.17) is 19.7 Å². The van der Waals surface area contributed by atoms with Crippen LogP contribution < -0.4 is 15.5 Å². The highest BCUT2D eigenvalue weighted by Gasteiger charge is 2.24. The lowest BCUT2D eigenvalue weighted by Crippen LogP contribution is -2.47. The van der Waals surface area contributed by atoms with Crippen LogP contribution in [0.25, 0.3) is 22.1 Å². The number of amides is 2. The highest BCUT2D eigenvalue weighted by molar-refractivity contribution is 7.88. The van der Waals surface area contributed by atoms with E-state index in [0.29, 0.717) is 81.5 Å². The number of anilines is 2. The standard InChI is InChI=1S/C29H34N10O4S2/c1-45(41,42)39-12-10-37(11-13-39)20-24-6-7-25(44-24)27-34-26(35-28(36-27)38-14-16-43-17-15-38)21-2-4-22(5-3-21)33-29(40)32-19-23-18-30-8-9-31-23/h2-9,18H,10-17,19-20H2,1H3,(H2,32,33,40). The minimum atomic E-state index is -3.16. The molecule has 2 aliphatic rings. The summed E-state index contributed by atoms with van der Waals surface area (Å²) >= 11 is 1.63. The van der Waals surface area contributed by atoms with Gasteiger partial charge in [0.1, 0.15) is 0 Å². The van der Waals surface area contributed by atoms with Gasteiger partial charge in [-0.15, -0.1) is 11.3 Å². The van der Waals surface area contributed by atoms with E-state index in [1.54, 1.807) is 29.9 Å². The van der Waals surface area contributed by atoms with Crippen LogP contribution in [0.1, 0.15) is 10.6 Å². The summed E-state index contributed by atoms with van der Waals surface area (Å²) in [6, 6.07) is 11.1. The van der Waals surface area contributed by atoms with Crippen molar-refractivity contribution < 1.29 is 17.9 Å². The normalized spacial score (nSPS) is 16.4. The number of sulfonamides is 1. The largest absolute Gasteiger partial charge is 0.378 e. The number of urea groups is 1. The van der Waals surface area contributed by atoms with E-state index in [9.17, 15) is 13.2 Å². The van der Waals surface area contributed by atoms with Crippen molar-refractivity contribution >= 4 is 39.0 Å². The van der Waals surface area contributed by atoms with Crippen molar-refractivity contribution in [2.75, 3.05) is 69.0 Å². The van der Waals surface area contributed by atoms with Crippen LogP contribution in [0.3, 0.4) is 0 Å². The second kappa shape index (κ2) is 13.9. The number of ether oxygens (including phenoxy) is 1. The molecule has 0 spiro atoms. The van der Waals surface area contributed by atoms with Crippen LogP contribution in [0.4, 0.5) is 16.4 Å². The predicted molar refractivity (Wildman–Crippen MR) is 171 cm³/mol. The summed E-state index contributed by atoms with van der Waals surface area (Å²) < 4.78 is 30.8. The molecule has 3 aromatic heterocycles.